The molecule has 1 fully saturated rings. The van der Waals surface area contributed by atoms with Gasteiger partial charge in [0.15, 0.2) is 11.5 Å². The third-order valence-corrected chi connectivity index (χ3v) is 4.91. The molecule has 1 aliphatic carbocycles. The first-order chi connectivity index (χ1) is 11.2. The van der Waals surface area contributed by atoms with Gasteiger partial charge in [0.05, 0.1) is 11.3 Å². The standard InChI is InChI=1S/C17H15BrN4O/c18-13-8-2-1-7-12(13)17(23)19-14-9-4-10-22-16(14)20-15(21-22)11-5-3-6-11/h1-2,4,7-11H,3,5-6H2,(H,19,23). The molecule has 0 radical (unpaired) electrons. The van der Waals surface area contributed by atoms with E-state index in [9.17, 15) is 4.79 Å². The Hall–Kier alpha value is -2.21. The van der Waals surface area contributed by atoms with E-state index in [4.69, 9.17) is 0 Å². The lowest BCUT2D eigenvalue weighted by Crippen LogP contribution is -2.13. The van der Waals surface area contributed by atoms with E-state index in [2.05, 4.69) is 31.3 Å². The van der Waals surface area contributed by atoms with Crippen LogP contribution in [0.3, 0.4) is 0 Å². The second-order valence-electron chi connectivity index (χ2n) is 5.72. The normalized spacial score (nSPS) is 14.7. The smallest absolute Gasteiger partial charge is 0.256 e. The first-order valence-corrected chi connectivity index (χ1v) is 8.43. The Labute approximate surface area is 141 Å². The molecule has 1 N–H and O–H groups in total. The van der Waals surface area contributed by atoms with Gasteiger partial charge in [0.2, 0.25) is 0 Å². The summed E-state index contributed by atoms with van der Waals surface area (Å²) >= 11 is 3.41. The Balaban J connectivity index is 1.67. The maximum atomic E-state index is 12.5. The van der Waals surface area contributed by atoms with Crippen LogP contribution < -0.4 is 5.32 Å². The quantitative estimate of drug-likeness (QED) is 0.757. The lowest BCUT2D eigenvalue weighted by Gasteiger charge is -2.21. The Kier molecular flexibility index (Phi) is 3.61. The Morgan fingerprint density at radius 3 is 2.78 bits per heavy atom. The number of pyridine rings is 1. The van der Waals surface area contributed by atoms with Gasteiger partial charge >= 0.3 is 0 Å². The predicted octanol–water partition coefficient (Wildman–Crippen LogP) is 4.01. The lowest BCUT2D eigenvalue weighted by atomic mass is 9.85. The average molecular weight is 371 g/mol. The second-order valence-corrected chi connectivity index (χ2v) is 6.58. The highest BCUT2D eigenvalue weighted by Crippen LogP contribution is 2.35. The number of anilines is 1. The van der Waals surface area contributed by atoms with Crippen LogP contribution in [0.25, 0.3) is 5.65 Å². The maximum Gasteiger partial charge on any atom is 0.256 e. The highest BCUT2D eigenvalue weighted by molar-refractivity contribution is 9.10. The molecule has 0 bridgehead atoms. The van der Waals surface area contributed by atoms with E-state index in [0.717, 1.165) is 23.1 Å². The van der Waals surface area contributed by atoms with Crippen LogP contribution in [0.4, 0.5) is 5.69 Å². The van der Waals surface area contributed by atoms with Gasteiger partial charge in [-0.2, -0.15) is 5.10 Å². The molecule has 1 saturated carbocycles. The van der Waals surface area contributed by atoms with E-state index in [0.29, 0.717) is 22.8 Å². The van der Waals surface area contributed by atoms with E-state index in [1.54, 1.807) is 10.6 Å². The number of nitrogens with zero attached hydrogens (tertiary/aromatic N) is 3. The number of fused-ring (bicyclic) bond motifs is 1. The molecule has 6 heteroatoms. The molecule has 5 nitrogen and oxygen atoms in total. The number of halogens is 1. The van der Waals surface area contributed by atoms with Crippen molar-refractivity contribution >= 4 is 33.2 Å². The van der Waals surface area contributed by atoms with Crippen molar-refractivity contribution in [3.8, 4) is 0 Å². The van der Waals surface area contributed by atoms with Crippen molar-refractivity contribution < 1.29 is 4.79 Å². The summed E-state index contributed by atoms with van der Waals surface area (Å²) in [5.74, 6) is 1.17. The fourth-order valence-electron chi connectivity index (χ4n) is 2.69. The summed E-state index contributed by atoms with van der Waals surface area (Å²) in [7, 11) is 0. The van der Waals surface area contributed by atoms with Crippen molar-refractivity contribution in [2.45, 2.75) is 25.2 Å². The second kappa shape index (κ2) is 5.77. The molecule has 1 amide bonds. The molecular formula is C17H15BrN4O. The van der Waals surface area contributed by atoms with Crippen LogP contribution in [0.5, 0.6) is 0 Å². The fraction of sp³-hybridized carbons (Fsp3) is 0.235. The van der Waals surface area contributed by atoms with E-state index < -0.39 is 0 Å². The molecular weight excluding hydrogens is 356 g/mol. The highest BCUT2D eigenvalue weighted by atomic mass is 79.9. The van der Waals surface area contributed by atoms with Crippen molar-refractivity contribution in [3.63, 3.8) is 0 Å². The SMILES string of the molecule is O=C(Nc1cccn2nc(C3CCC3)nc12)c1ccccc1Br. The summed E-state index contributed by atoms with van der Waals surface area (Å²) in [5.41, 5.74) is 1.95. The summed E-state index contributed by atoms with van der Waals surface area (Å²) in [6.07, 6.45) is 5.40. The van der Waals surface area contributed by atoms with Gasteiger partial charge in [-0.05, 0) is 53.0 Å². The molecule has 1 aromatic carbocycles. The molecule has 0 aliphatic heterocycles. The van der Waals surface area contributed by atoms with E-state index in [-0.39, 0.29) is 5.91 Å². The zero-order valence-electron chi connectivity index (χ0n) is 12.4. The number of carbonyl (C=O) groups excluding carboxylic acids is 1. The molecule has 0 atom stereocenters. The molecule has 4 rings (SSSR count). The maximum absolute atomic E-state index is 12.5. The van der Waals surface area contributed by atoms with Crippen LogP contribution in [-0.2, 0) is 0 Å². The Morgan fingerprint density at radius 1 is 1.22 bits per heavy atom. The number of rotatable bonds is 3. The van der Waals surface area contributed by atoms with E-state index in [1.807, 2.05) is 36.5 Å². The molecule has 116 valence electrons. The van der Waals surface area contributed by atoms with E-state index in [1.165, 1.54) is 6.42 Å². The fourth-order valence-corrected chi connectivity index (χ4v) is 3.16. The minimum Gasteiger partial charge on any atom is -0.319 e. The third-order valence-electron chi connectivity index (χ3n) is 4.22. The van der Waals surface area contributed by atoms with Gasteiger partial charge in [0.1, 0.15) is 0 Å². The van der Waals surface area contributed by atoms with Crippen LogP contribution in [0, 0.1) is 0 Å². The zero-order chi connectivity index (χ0) is 15.8. The molecule has 1 aliphatic rings. The van der Waals surface area contributed by atoms with Crippen molar-refractivity contribution in [1.29, 1.82) is 0 Å². The van der Waals surface area contributed by atoms with Crippen LogP contribution in [0.1, 0.15) is 41.4 Å². The minimum absolute atomic E-state index is 0.168. The zero-order valence-corrected chi connectivity index (χ0v) is 14.0. The summed E-state index contributed by atoms with van der Waals surface area (Å²) in [6, 6.07) is 11.1. The molecule has 3 aromatic rings. The Bertz CT molecular complexity index is 885. The summed E-state index contributed by atoms with van der Waals surface area (Å²) in [6.45, 7) is 0. The number of nitrogens with one attached hydrogen (secondary N) is 1. The number of aromatic nitrogens is 3. The first kappa shape index (κ1) is 14.4. The van der Waals surface area contributed by atoms with Gasteiger partial charge in [-0.15, -0.1) is 0 Å². The van der Waals surface area contributed by atoms with Crippen LogP contribution in [-0.4, -0.2) is 20.5 Å². The largest absolute Gasteiger partial charge is 0.319 e. The van der Waals surface area contributed by atoms with Crippen molar-refractivity contribution in [1.82, 2.24) is 14.6 Å². The van der Waals surface area contributed by atoms with Gasteiger partial charge in [-0.1, -0.05) is 18.6 Å². The molecule has 0 spiro atoms. The van der Waals surface area contributed by atoms with Crippen LogP contribution >= 0.6 is 15.9 Å². The van der Waals surface area contributed by atoms with Crippen molar-refractivity contribution in [2.24, 2.45) is 0 Å². The van der Waals surface area contributed by atoms with Crippen LogP contribution in [0.15, 0.2) is 47.1 Å². The van der Waals surface area contributed by atoms with Crippen molar-refractivity contribution in [2.75, 3.05) is 5.32 Å². The minimum atomic E-state index is -0.168. The number of amides is 1. The van der Waals surface area contributed by atoms with E-state index >= 15 is 0 Å². The van der Waals surface area contributed by atoms with Crippen molar-refractivity contribution in [3.05, 3.63) is 58.5 Å². The van der Waals surface area contributed by atoms with Gasteiger partial charge in [-0.25, -0.2) is 9.50 Å². The topological polar surface area (TPSA) is 59.3 Å². The third kappa shape index (κ3) is 2.63. The first-order valence-electron chi connectivity index (χ1n) is 7.63. The number of carbonyl (C=O) groups is 1. The molecule has 2 aromatic heterocycles. The monoisotopic (exact) mass is 370 g/mol. The van der Waals surface area contributed by atoms with Crippen LogP contribution in [0.2, 0.25) is 0 Å². The molecule has 0 unspecified atom stereocenters. The number of hydrogen-bond acceptors (Lipinski definition) is 3. The number of hydrogen-bond donors (Lipinski definition) is 1. The lowest BCUT2D eigenvalue weighted by molar-refractivity contribution is 0.102. The van der Waals surface area contributed by atoms with Gasteiger partial charge < -0.3 is 5.32 Å². The molecule has 23 heavy (non-hydrogen) atoms. The summed E-state index contributed by atoms with van der Waals surface area (Å²) < 4.78 is 2.50. The van der Waals surface area contributed by atoms with Gasteiger partial charge in [-0.3, -0.25) is 4.79 Å². The Morgan fingerprint density at radius 2 is 2.04 bits per heavy atom. The molecule has 2 heterocycles. The summed E-state index contributed by atoms with van der Waals surface area (Å²) in [4.78, 5) is 17.1. The highest BCUT2D eigenvalue weighted by Gasteiger charge is 2.24. The predicted molar refractivity (Wildman–Crippen MR) is 91.7 cm³/mol. The average Bonchev–Trinajstić information content (AvgIpc) is 2.90. The molecule has 0 saturated heterocycles. The number of benzene rings is 1. The van der Waals surface area contributed by atoms with Gasteiger partial charge in [0.25, 0.3) is 5.91 Å². The van der Waals surface area contributed by atoms with Gasteiger partial charge in [0, 0.05) is 16.6 Å². The summed E-state index contributed by atoms with van der Waals surface area (Å²) in [5, 5.41) is 7.48.